The molecular formula is C12H22O2Si. The Balaban J connectivity index is 2.67. The van der Waals surface area contributed by atoms with Gasteiger partial charge in [0, 0.05) is 5.56 Å². The van der Waals surface area contributed by atoms with Crippen molar-refractivity contribution >= 4 is 13.5 Å². The molecular weight excluding hydrogens is 204 g/mol. The second-order valence-electron chi connectivity index (χ2n) is 5.15. The van der Waals surface area contributed by atoms with E-state index in [0.29, 0.717) is 0 Å². The molecule has 0 bridgehead atoms. The van der Waals surface area contributed by atoms with Gasteiger partial charge in [-0.25, -0.2) is 0 Å². The number of furan rings is 1. The molecule has 1 aromatic heterocycles. The summed E-state index contributed by atoms with van der Waals surface area (Å²) in [5.41, 5.74) is 0.945. The van der Waals surface area contributed by atoms with E-state index in [2.05, 4.69) is 26.6 Å². The monoisotopic (exact) mass is 226 g/mol. The van der Waals surface area contributed by atoms with Crippen LogP contribution in [0.5, 0.6) is 0 Å². The quantitative estimate of drug-likeness (QED) is 0.783. The molecule has 86 valence electrons. The summed E-state index contributed by atoms with van der Waals surface area (Å²) in [5.74, 6) is 0. The zero-order valence-electron chi connectivity index (χ0n) is 10.2. The van der Waals surface area contributed by atoms with Crippen LogP contribution < -0.4 is 5.38 Å². The highest BCUT2D eigenvalue weighted by Gasteiger charge is 2.22. The zero-order chi connectivity index (χ0) is 11.5. The van der Waals surface area contributed by atoms with Crippen molar-refractivity contribution in [2.45, 2.75) is 51.9 Å². The molecule has 1 aromatic rings. The van der Waals surface area contributed by atoms with Crippen LogP contribution in [0.25, 0.3) is 0 Å². The molecule has 0 spiro atoms. The largest absolute Gasteiger partial charge is 0.474 e. The molecule has 0 aliphatic heterocycles. The van der Waals surface area contributed by atoms with Crippen LogP contribution in [0.1, 0.15) is 37.9 Å². The molecule has 1 unspecified atom stereocenters. The van der Waals surface area contributed by atoms with Crippen LogP contribution in [-0.2, 0) is 0 Å². The van der Waals surface area contributed by atoms with Gasteiger partial charge in [0.2, 0.25) is 0 Å². The van der Waals surface area contributed by atoms with E-state index in [4.69, 9.17) is 4.42 Å². The van der Waals surface area contributed by atoms with Gasteiger partial charge in [-0.3, -0.25) is 0 Å². The molecule has 0 aliphatic rings. The fraction of sp³-hybridized carbons (Fsp3) is 0.667. The molecule has 0 saturated heterocycles. The van der Waals surface area contributed by atoms with Crippen LogP contribution in [-0.4, -0.2) is 13.2 Å². The Morgan fingerprint density at radius 1 is 1.40 bits per heavy atom. The number of aliphatic hydroxyl groups excluding tert-OH is 1. The maximum atomic E-state index is 9.89. The van der Waals surface area contributed by atoms with E-state index in [1.807, 2.05) is 6.07 Å². The van der Waals surface area contributed by atoms with Gasteiger partial charge in [-0.05, 0) is 12.5 Å². The lowest BCUT2D eigenvalue weighted by Crippen LogP contribution is -2.36. The van der Waals surface area contributed by atoms with Gasteiger partial charge in [0.15, 0.2) is 0 Å². The molecule has 0 fully saturated rings. The molecule has 15 heavy (non-hydrogen) atoms. The predicted octanol–water partition coefficient (Wildman–Crippen LogP) is 3.05. The number of hydrogen-bond donors (Lipinski definition) is 1. The van der Waals surface area contributed by atoms with Crippen LogP contribution in [0.4, 0.5) is 0 Å². The van der Waals surface area contributed by atoms with E-state index < -0.39 is 8.07 Å². The second kappa shape index (κ2) is 4.99. The van der Waals surface area contributed by atoms with E-state index >= 15 is 0 Å². The summed E-state index contributed by atoms with van der Waals surface area (Å²) in [5, 5.41) is 11.0. The van der Waals surface area contributed by atoms with Gasteiger partial charge in [0.25, 0.3) is 0 Å². The minimum atomic E-state index is -1.37. The number of aliphatic hydroxyl groups is 1. The van der Waals surface area contributed by atoms with E-state index in [1.54, 1.807) is 6.26 Å². The van der Waals surface area contributed by atoms with E-state index in [9.17, 15) is 5.11 Å². The summed E-state index contributed by atoms with van der Waals surface area (Å²) in [6.07, 6.45) is 4.39. The molecule has 0 aromatic carbocycles. The van der Waals surface area contributed by atoms with Crippen molar-refractivity contribution in [3.05, 3.63) is 17.9 Å². The van der Waals surface area contributed by atoms with Crippen molar-refractivity contribution in [2.75, 3.05) is 0 Å². The predicted molar refractivity (Wildman–Crippen MR) is 66.2 cm³/mol. The highest BCUT2D eigenvalue weighted by Crippen LogP contribution is 2.19. The Bertz CT molecular complexity index is 299. The lowest BCUT2D eigenvalue weighted by Gasteiger charge is -2.11. The van der Waals surface area contributed by atoms with Gasteiger partial charge >= 0.3 is 0 Å². The fourth-order valence-corrected chi connectivity index (χ4v) is 2.50. The first-order chi connectivity index (χ1) is 6.95. The van der Waals surface area contributed by atoms with Gasteiger partial charge in [-0.2, -0.15) is 0 Å². The van der Waals surface area contributed by atoms with Crippen molar-refractivity contribution in [3.8, 4) is 0 Å². The Morgan fingerprint density at radius 3 is 2.53 bits per heavy atom. The van der Waals surface area contributed by atoms with E-state index in [0.717, 1.165) is 30.2 Å². The van der Waals surface area contributed by atoms with Crippen LogP contribution >= 0.6 is 0 Å². The Hall–Kier alpha value is -0.543. The normalized spacial score (nSPS) is 14.2. The first-order valence-electron chi connectivity index (χ1n) is 5.72. The zero-order valence-corrected chi connectivity index (χ0v) is 11.2. The highest BCUT2D eigenvalue weighted by atomic mass is 28.3. The van der Waals surface area contributed by atoms with Crippen LogP contribution in [0, 0.1) is 0 Å². The van der Waals surface area contributed by atoms with Gasteiger partial charge < -0.3 is 9.52 Å². The van der Waals surface area contributed by atoms with Crippen LogP contribution in [0.3, 0.4) is 0 Å². The van der Waals surface area contributed by atoms with Crippen molar-refractivity contribution < 1.29 is 9.52 Å². The Kier molecular flexibility index (Phi) is 4.17. The summed E-state index contributed by atoms with van der Waals surface area (Å²) in [6.45, 7) is 8.87. The smallest absolute Gasteiger partial charge is 0.123 e. The molecule has 1 rings (SSSR count). The van der Waals surface area contributed by atoms with Gasteiger partial charge in [0.05, 0.1) is 17.8 Å². The third kappa shape index (κ3) is 3.50. The summed E-state index contributed by atoms with van der Waals surface area (Å²) in [6, 6.07) is 2.03. The summed E-state index contributed by atoms with van der Waals surface area (Å²) >= 11 is 0. The lowest BCUT2D eigenvalue weighted by atomic mass is 10.1. The average molecular weight is 226 g/mol. The first kappa shape index (κ1) is 12.5. The maximum Gasteiger partial charge on any atom is 0.123 e. The van der Waals surface area contributed by atoms with Crippen molar-refractivity contribution in [1.82, 2.24) is 0 Å². The molecule has 0 aliphatic carbocycles. The Morgan fingerprint density at radius 2 is 2.07 bits per heavy atom. The average Bonchev–Trinajstić information content (AvgIpc) is 2.62. The molecule has 0 amide bonds. The van der Waals surface area contributed by atoms with Gasteiger partial charge in [-0.1, -0.05) is 39.4 Å². The first-order valence-corrected chi connectivity index (χ1v) is 9.22. The fourth-order valence-electron chi connectivity index (χ4n) is 1.48. The standard InChI is InChI=1S/C12H22O2Si/c1-5-6-7-11(13)10-8-12(14-9-10)15(2,3)4/h8-9,11,13H,5-7H2,1-4H3. The molecule has 1 heterocycles. The minimum Gasteiger partial charge on any atom is -0.474 e. The number of hydrogen-bond acceptors (Lipinski definition) is 2. The summed E-state index contributed by atoms with van der Waals surface area (Å²) in [4.78, 5) is 0. The highest BCUT2D eigenvalue weighted by molar-refractivity contribution is 6.87. The van der Waals surface area contributed by atoms with Gasteiger partial charge in [0.1, 0.15) is 8.07 Å². The van der Waals surface area contributed by atoms with Crippen LogP contribution in [0.2, 0.25) is 19.6 Å². The molecule has 0 radical (unpaired) electrons. The molecule has 3 heteroatoms. The second-order valence-corrected chi connectivity index (χ2v) is 10.1. The molecule has 1 N–H and O–H groups in total. The third-order valence-electron chi connectivity index (χ3n) is 2.57. The van der Waals surface area contributed by atoms with Crippen molar-refractivity contribution in [2.24, 2.45) is 0 Å². The summed E-state index contributed by atoms with van der Waals surface area (Å²) in [7, 11) is -1.37. The SMILES string of the molecule is CCCCC(O)c1coc([Si](C)(C)C)c1. The molecule has 2 nitrogen and oxygen atoms in total. The Labute approximate surface area is 93.3 Å². The lowest BCUT2D eigenvalue weighted by molar-refractivity contribution is 0.163. The van der Waals surface area contributed by atoms with Gasteiger partial charge in [-0.15, -0.1) is 0 Å². The third-order valence-corrected chi connectivity index (χ3v) is 4.32. The molecule has 0 saturated carbocycles. The minimum absolute atomic E-state index is 0.348. The van der Waals surface area contributed by atoms with E-state index in [1.165, 1.54) is 0 Å². The topological polar surface area (TPSA) is 33.4 Å². The van der Waals surface area contributed by atoms with E-state index in [-0.39, 0.29) is 6.10 Å². The number of rotatable bonds is 5. The van der Waals surface area contributed by atoms with Crippen LogP contribution in [0.15, 0.2) is 16.7 Å². The van der Waals surface area contributed by atoms with Crippen molar-refractivity contribution in [1.29, 1.82) is 0 Å². The molecule has 1 atom stereocenters. The summed E-state index contributed by atoms with van der Waals surface area (Å²) < 4.78 is 5.53. The maximum absolute atomic E-state index is 9.89. The number of unbranched alkanes of at least 4 members (excludes halogenated alkanes) is 1. The van der Waals surface area contributed by atoms with Crippen molar-refractivity contribution in [3.63, 3.8) is 0 Å².